The number of nitro benzene ring substituents is 1. The number of amides is 2. The Labute approximate surface area is 169 Å². The van der Waals surface area contributed by atoms with Crippen molar-refractivity contribution in [3.05, 3.63) is 63.5 Å². The summed E-state index contributed by atoms with van der Waals surface area (Å²) in [6, 6.07) is 10.9. The molecule has 0 saturated heterocycles. The summed E-state index contributed by atoms with van der Waals surface area (Å²) < 4.78 is 5.12. The van der Waals surface area contributed by atoms with Crippen LogP contribution >= 0.6 is 11.3 Å². The Morgan fingerprint density at radius 3 is 2.48 bits per heavy atom. The van der Waals surface area contributed by atoms with Gasteiger partial charge in [0.1, 0.15) is 5.75 Å². The lowest BCUT2D eigenvalue weighted by atomic mass is 10.1. The largest absolute Gasteiger partial charge is 0.496 e. The molecular formula is C19H16N4O5S. The highest BCUT2D eigenvalue weighted by Gasteiger charge is 2.18. The van der Waals surface area contributed by atoms with Crippen molar-refractivity contribution < 1.29 is 19.2 Å². The van der Waals surface area contributed by atoms with Crippen molar-refractivity contribution in [3.63, 3.8) is 0 Å². The van der Waals surface area contributed by atoms with Gasteiger partial charge in [-0.05, 0) is 18.2 Å². The first kappa shape index (κ1) is 20.0. The zero-order valence-corrected chi connectivity index (χ0v) is 16.3. The maximum atomic E-state index is 12.6. The number of non-ortho nitro benzene ring substituents is 1. The number of thiazole rings is 1. The predicted octanol–water partition coefficient (Wildman–Crippen LogP) is 3.94. The van der Waals surface area contributed by atoms with Crippen LogP contribution in [-0.4, -0.2) is 28.8 Å². The van der Waals surface area contributed by atoms with Crippen LogP contribution in [-0.2, 0) is 4.79 Å². The monoisotopic (exact) mass is 412 g/mol. The third kappa shape index (κ3) is 4.74. The lowest BCUT2D eigenvalue weighted by Crippen LogP contribution is -2.13. The number of nitrogens with zero attached hydrogens (tertiary/aromatic N) is 2. The minimum absolute atomic E-state index is 0.0399. The van der Waals surface area contributed by atoms with E-state index in [0.717, 1.165) is 11.6 Å². The molecule has 1 aromatic heterocycles. The van der Waals surface area contributed by atoms with Crippen molar-refractivity contribution >= 4 is 39.7 Å². The Balaban J connectivity index is 1.78. The Bertz CT molecular complexity index is 1080. The van der Waals surface area contributed by atoms with Crippen LogP contribution in [0.2, 0.25) is 0 Å². The third-order valence-electron chi connectivity index (χ3n) is 3.86. The van der Waals surface area contributed by atoms with Crippen LogP contribution < -0.4 is 15.4 Å². The van der Waals surface area contributed by atoms with Gasteiger partial charge in [0, 0.05) is 35.7 Å². The topological polar surface area (TPSA) is 123 Å². The molecule has 0 aliphatic rings. The first-order valence-corrected chi connectivity index (χ1v) is 9.22. The number of hydrogen-bond donors (Lipinski definition) is 2. The molecule has 1 heterocycles. The lowest BCUT2D eigenvalue weighted by Gasteiger charge is -2.07. The number of nitrogens with one attached hydrogen (secondary N) is 2. The second-order valence-electron chi connectivity index (χ2n) is 5.89. The van der Waals surface area contributed by atoms with E-state index in [-0.39, 0.29) is 22.9 Å². The third-order valence-corrected chi connectivity index (χ3v) is 4.62. The van der Waals surface area contributed by atoms with Gasteiger partial charge < -0.3 is 10.1 Å². The van der Waals surface area contributed by atoms with Crippen molar-refractivity contribution in [1.29, 1.82) is 0 Å². The van der Waals surface area contributed by atoms with Gasteiger partial charge in [0.25, 0.3) is 11.6 Å². The molecule has 0 bridgehead atoms. The molecule has 3 rings (SSSR count). The zero-order valence-electron chi connectivity index (χ0n) is 15.5. The molecule has 2 amide bonds. The highest BCUT2D eigenvalue weighted by molar-refractivity contribution is 7.14. The van der Waals surface area contributed by atoms with Crippen LogP contribution in [0.25, 0.3) is 11.3 Å². The SMILES string of the molecule is COc1ccc([N+](=O)[O-])cc1C(=O)Nc1nc(-c2ccc(NC(C)=O)cc2)cs1. The van der Waals surface area contributed by atoms with Crippen LogP contribution in [0.3, 0.4) is 0 Å². The summed E-state index contributed by atoms with van der Waals surface area (Å²) in [5.41, 5.74) is 1.95. The molecule has 0 aliphatic carbocycles. The summed E-state index contributed by atoms with van der Waals surface area (Å²) in [4.78, 5) is 38.4. The number of rotatable bonds is 6. The molecule has 148 valence electrons. The van der Waals surface area contributed by atoms with E-state index in [1.54, 1.807) is 29.6 Å². The van der Waals surface area contributed by atoms with Crippen molar-refractivity contribution in [3.8, 4) is 17.0 Å². The number of anilines is 2. The maximum absolute atomic E-state index is 12.6. The number of ether oxygens (including phenoxy) is 1. The Morgan fingerprint density at radius 1 is 1.14 bits per heavy atom. The van der Waals surface area contributed by atoms with Gasteiger partial charge in [-0.15, -0.1) is 11.3 Å². The van der Waals surface area contributed by atoms with E-state index >= 15 is 0 Å². The van der Waals surface area contributed by atoms with Crippen molar-refractivity contribution in [2.45, 2.75) is 6.92 Å². The van der Waals surface area contributed by atoms with Gasteiger partial charge in [0.15, 0.2) is 5.13 Å². The first-order chi connectivity index (χ1) is 13.9. The fraction of sp³-hybridized carbons (Fsp3) is 0.105. The number of nitro groups is 1. The van der Waals surface area contributed by atoms with E-state index < -0.39 is 10.8 Å². The first-order valence-electron chi connectivity index (χ1n) is 8.34. The van der Waals surface area contributed by atoms with Gasteiger partial charge in [-0.3, -0.25) is 25.0 Å². The van der Waals surface area contributed by atoms with Crippen molar-refractivity contribution in [2.24, 2.45) is 0 Å². The highest BCUT2D eigenvalue weighted by atomic mass is 32.1. The number of benzene rings is 2. The molecule has 3 aromatic rings. The van der Waals surface area contributed by atoms with E-state index in [2.05, 4.69) is 15.6 Å². The molecule has 2 aromatic carbocycles. The van der Waals surface area contributed by atoms with Crippen LogP contribution in [0.15, 0.2) is 47.8 Å². The van der Waals surface area contributed by atoms with E-state index in [0.29, 0.717) is 16.5 Å². The van der Waals surface area contributed by atoms with Gasteiger partial charge in [0.2, 0.25) is 5.91 Å². The van der Waals surface area contributed by atoms with Gasteiger partial charge in [-0.2, -0.15) is 0 Å². The maximum Gasteiger partial charge on any atom is 0.270 e. The number of carbonyl (C=O) groups excluding carboxylic acids is 2. The molecule has 0 atom stereocenters. The fourth-order valence-electron chi connectivity index (χ4n) is 2.54. The average Bonchev–Trinajstić information content (AvgIpc) is 3.15. The highest BCUT2D eigenvalue weighted by Crippen LogP contribution is 2.28. The molecule has 0 fully saturated rings. The van der Waals surface area contributed by atoms with Gasteiger partial charge >= 0.3 is 0 Å². The van der Waals surface area contributed by atoms with Crippen LogP contribution in [0, 0.1) is 10.1 Å². The molecule has 0 unspecified atom stereocenters. The summed E-state index contributed by atoms with van der Waals surface area (Å²) in [5, 5.41) is 18.4. The smallest absolute Gasteiger partial charge is 0.270 e. The van der Waals surface area contributed by atoms with E-state index in [1.807, 2.05) is 0 Å². The van der Waals surface area contributed by atoms with Crippen LogP contribution in [0.4, 0.5) is 16.5 Å². The summed E-state index contributed by atoms with van der Waals surface area (Å²) in [7, 11) is 1.38. The predicted molar refractivity (Wildman–Crippen MR) is 109 cm³/mol. The average molecular weight is 412 g/mol. The summed E-state index contributed by atoms with van der Waals surface area (Å²) in [5.74, 6) is -0.501. The summed E-state index contributed by atoms with van der Waals surface area (Å²) in [6.45, 7) is 1.43. The second kappa shape index (κ2) is 8.48. The molecule has 0 spiro atoms. The molecule has 2 N–H and O–H groups in total. The van der Waals surface area contributed by atoms with Gasteiger partial charge in [0.05, 0.1) is 23.3 Å². The summed E-state index contributed by atoms with van der Waals surface area (Å²) in [6.07, 6.45) is 0. The quantitative estimate of drug-likeness (QED) is 0.467. The molecular weight excluding hydrogens is 396 g/mol. The number of carbonyl (C=O) groups is 2. The van der Waals surface area contributed by atoms with E-state index in [1.165, 1.54) is 37.5 Å². The molecule has 9 nitrogen and oxygen atoms in total. The van der Waals surface area contributed by atoms with Crippen molar-refractivity contribution in [1.82, 2.24) is 4.98 Å². The molecule has 10 heteroatoms. The molecule has 29 heavy (non-hydrogen) atoms. The Hall–Kier alpha value is -3.79. The summed E-state index contributed by atoms with van der Waals surface area (Å²) >= 11 is 1.22. The van der Waals surface area contributed by atoms with Crippen molar-refractivity contribution in [2.75, 3.05) is 17.7 Å². The second-order valence-corrected chi connectivity index (χ2v) is 6.75. The van der Waals surface area contributed by atoms with Gasteiger partial charge in [-0.25, -0.2) is 4.98 Å². The lowest BCUT2D eigenvalue weighted by molar-refractivity contribution is -0.384. The van der Waals surface area contributed by atoms with E-state index in [9.17, 15) is 19.7 Å². The molecule has 0 saturated carbocycles. The molecule has 0 radical (unpaired) electrons. The minimum Gasteiger partial charge on any atom is -0.496 e. The number of aromatic nitrogens is 1. The van der Waals surface area contributed by atoms with Crippen LogP contribution in [0.5, 0.6) is 5.75 Å². The normalized spacial score (nSPS) is 10.3. The number of methoxy groups -OCH3 is 1. The standard InChI is InChI=1S/C19H16N4O5S/c1-11(24)20-13-5-3-12(4-6-13)16-10-29-19(21-16)22-18(25)15-9-14(23(26)27)7-8-17(15)28-2/h3-10H,1-2H3,(H,20,24)(H,21,22,25). The Morgan fingerprint density at radius 2 is 1.86 bits per heavy atom. The zero-order chi connectivity index (χ0) is 21.0. The molecule has 0 aliphatic heterocycles. The van der Waals surface area contributed by atoms with E-state index in [4.69, 9.17) is 4.74 Å². The number of hydrogen-bond acceptors (Lipinski definition) is 7. The van der Waals surface area contributed by atoms with Gasteiger partial charge in [-0.1, -0.05) is 12.1 Å². The fourth-order valence-corrected chi connectivity index (χ4v) is 3.26. The van der Waals surface area contributed by atoms with Crippen LogP contribution in [0.1, 0.15) is 17.3 Å². The Kier molecular flexibility index (Phi) is 5.84. The minimum atomic E-state index is -0.581.